The Hall–Kier alpha value is -1.66. The lowest BCUT2D eigenvalue weighted by Gasteiger charge is -2.46. The fourth-order valence-corrected chi connectivity index (χ4v) is 2.53. The normalized spacial score (nSPS) is 27.1. The maximum absolute atomic E-state index is 11.8. The van der Waals surface area contributed by atoms with Crippen LogP contribution in [0.15, 0.2) is 27.9 Å². The molecule has 1 saturated carbocycles. The molecule has 1 aromatic heterocycles. The molecule has 0 aromatic carbocycles. The van der Waals surface area contributed by atoms with Crippen molar-refractivity contribution in [2.75, 3.05) is 13.2 Å². The van der Waals surface area contributed by atoms with Crippen molar-refractivity contribution < 1.29 is 10.2 Å². The zero-order chi connectivity index (χ0) is 13.4. The molecule has 6 nitrogen and oxygen atoms in total. The number of rotatable bonds is 3. The van der Waals surface area contributed by atoms with Gasteiger partial charge in [0.1, 0.15) is 0 Å². The summed E-state index contributed by atoms with van der Waals surface area (Å²) < 4.78 is 1.37. The van der Waals surface area contributed by atoms with Crippen LogP contribution in [0, 0.1) is 18.8 Å². The minimum Gasteiger partial charge on any atom is -0.396 e. The first-order valence-corrected chi connectivity index (χ1v) is 5.73. The number of hydrogen-bond donors (Lipinski definition) is 3. The maximum Gasteiger partial charge on any atom is 0.328 e. The Morgan fingerprint density at radius 1 is 1.39 bits per heavy atom. The predicted molar refractivity (Wildman–Crippen MR) is 65.4 cm³/mol. The molecule has 98 valence electrons. The summed E-state index contributed by atoms with van der Waals surface area (Å²) in [6, 6.07) is -0.366. The molecule has 0 spiro atoms. The highest BCUT2D eigenvalue weighted by Gasteiger charge is 2.45. The Labute approximate surface area is 103 Å². The van der Waals surface area contributed by atoms with E-state index in [1.807, 2.05) is 0 Å². The molecule has 2 rings (SSSR count). The van der Waals surface area contributed by atoms with Crippen molar-refractivity contribution in [3.8, 4) is 0 Å². The van der Waals surface area contributed by atoms with E-state index in [1.54, 1.807) is 6.92 Å². The van der Waals surface area contributed by atoms with Crippen LogP contribution < -0.4 is 11.2 Å². The summed E-state index contributed by atoms with van der Waals surface area (Å²) in [5.41, 5.74) is 0.184. The summed E-state index contributed by atoms with van der Waals surface area (Å²) in [4.78, 5) is 25.3. The number of aromatic nitrogens is 2. The number of aliphatic hydroxyl groups excluding tert-OH is 2. The quantitative estimate of drug-likeness (QED) is 0.612. The molecule has 0 aliphatic heterocycles. The van der Waals surface area contributed by atoms with Gasteiger partial charge in [0.15, 0.2) is 0 Å². The lowest BCUT2D eigenvalue weighted by atomic mass is 9.66. The van der Waals surface area contributed by atoms with Gasteiger partial charge in [0.2, 0.25) is 0 Å². The first kappa shape index (κ1) is 12.8. The van der Waals surface area contributed by atoms with Gasteiger partial charge in [0.25, 0.3) is 5.56 Å². The lowest BCUT2D eigenvalue weighted by Crippen LogP contribution is -2.49. The van der Waals surface area contributed by atoms with Crippen LogP contribution in [0.2, 0.25) is 0 Å². The Bertz CT molecular complexity index is 586. The third-order valence-electron chi connectivity index (χ3n) is 3.63. The van der Waals surface area contributed by atoms with Crippen LogP contribution in [0.1, 0.15) is 11.6 Å². The molecular weight excluding hydrogens is 236 g/mol. The van der Waals surface area contributed by atoms with Gasteiger partial charge in [-0.3, -0.25) is 14.3 Å². The average molecular weight is 252 g/mol. The number of aliphatic hydroxyl groups is 2. The smallest absolute Gasteiger partial charge is 0.328 e. The van der Waals surface area contributed by atoms with Crippen molar-refractivity contribution in [1.29, 1.82) is 0 Å². The second-order valence-corrected chi connectivity index (χ2v) is 4.63. The van der Waals surface area contributed by atoms with E-state index in [0.717, 1.165) is 0 Å². The zero-order valence-corrected chi connectivity index (χ0v) is 10.1. The lowest BCUT2D eigenvalue weighted by molar-refractivity contribution is 0.0503. The number of H-pyrrole nitrogens is 1. The van der Waals surface area contributed by atoms with Crippen LogP contribution in [0.25, 0.3) is 0 Å². The second kappa shape index (κ2) is 4.55. The topological polar surface area (TPSA) is 95.3 Å². The largest absolute Gasteiger partial charge is 0.396 e. The molecule has 1 aromatic rings. The van der Waals surface area contributed by atoms with Crippen LogP contribution in [0.5, 0.6) is 0 Å². The molecule has 0 unspecified atom stereocenters. The van der Waals surface area contributed by atoms with Crippen molar-refractivity contribution in [2.45, 2.75) is 13.0 Å². The molecule has 0 bridgehead atoms. The van der Waals surface area contributed by atoms with Gasteiger partial charge in [-0.25, -0.2) is 4.79 Å². The van der Waals surface area contributed by atoms with E-state index < -0.39 is 11.2 Å². The fourth-order valence-electron chi connectivity index (χ4n) is 2.53. The molecule has 1 aliphatic rings. The minimum atomic E-state index is -0.522. The molecule has 3 N–H and O–H groups in total. The highest BCUT2D eigenvalue weighted by Crippen LogP contribution is 2.46. The monoisotopic (exact) mass is 252 g/mol. The van der Waals surface area contributed by atoms with Gasteiger partial charge in [-0.15, -0.1) is 0 Å². The van der Waals surface area contributed by atoms with Crippen molar-refractivity contribution in [2.24, 2.45) is 11.8 Å². The van der Waals surface area contributed by atoms with E-state index in [1.165, 1.54) is 10.8 Å². The first-order chi connectivity index (χ1) is 8.51. The van der Waals surface area contributed by atoms with Gasteiger partial charge in [0.05, 0.1) is 12.6 Å². The summed E-state index contributed by atoms with van der Waals surface area (Å²) in [5, 5.41) is 18.5. The summed E-state index contributed by atoms with van der Waals surface area (Å²) >= 11 is 0. The number of aryl methyl sites for hydroxylation is 1. The van der Waals surface area contributed by atoms with E-state index in [-0.39, 0.29) is 31.1 Å². The summed E-state index contributed by atoms with van der Waals surface area (Å²) in [5.74, 6) is -0.440. The molecule has 0 saturated heterocycles. The summed E-state index contributed by atoms with van der Waals surface area (Å²) in [7, 11) is 0. The van der Waals surface area contributed by atoms with E-state index >= 15 is 0 Å². The SMILES string of the molecule is C=C1[C@@H](n2cc(C)c(=O)[nH]c2=O)[C@H](CO)[C@H]1CO. The Morgan fingerprint density at radius 2 is 2.06 bits per heavy atom. The Morgan fingerprint density at radius 3 is 2.61 bits per heavy atom. The highest BCUT2D eigenvalue weighted by molar-refractivity contribution is 5.24. The molecule has 3 atom stereocenters. The molecule has 1 aliphatic carbocycles. The van der Waals surface area contributed by atoms with Crippen LogP contribution in [-0.2, 0) is 0 Å². The standard InChI is InChI=1S/C12H16N2O4/c1-6-3-14(12(18)13-11(6)17)10-7(2)8(4-15)9(10)5-16/h3,8-10,15-16H,2,4-5H2,1H3,(H,13,17,18)/t8-,9+,10+/m0/s1. The molecule has 6 heteroatoms. The molecule has 0 amide bonds. The predicted octanol–water partition coefficient (Wildman–Crippen LogP) is -0.827. The third kappa shape index (κ3) is 1.74. The van der Waals surface area contributed by atoms with Crippen molar-refractivity contribution in [3.05, 3.63) is 44.8 Å². The molecule has 0 radical (unpaired) electrons. The van der Waals surface area contributed by atoms with Gasteiger partial charge < -0.3 is 10.2 Å². The van der Waals surface area contributed by atoms with Crippen LogP contribution in [0.4, 0.5) is 0 Å². The average Bonchev–Trinajstić information content (AvgIpc) is 2.33. The van der Waals surface area contributed by atoms with Crippen molar-refractivity contribution in [1.82, 2.24) is 9.55 Å². The van der Waals surface area contributed by atoms with Crippen LogP contribution in [-0.4, -0.2) is 33.0 Å². The van der Waals surface area contributed by atoms with Crippen molar-refractivity contribution >= 4 is 0 Å². The zero-order valence-electron chi connectivity index (χ0n) is 10.1. The van der Waals surface area contributed by atoms with Gasteiger partial charge in [-0.2, -0.15) is 0 Å². The van der Waals surface area contributed by atoms with Gasteiger partial charge in [-0.1, -0.05) is 6.58 Å². The van der Waals surface area contributed by atoms with Crippen LogP contribution >= 0.6 is 0 Å². The summed E-state index contributed by atoms with van der Waals surface area (Å²) in [6.45, 7) is 5.20. The minimum absolute atomic E-state index is 0.0996. The fraction of sp³-hybridized carbons (Fsp3) is 0.500. The van der Waals surface area contributed by atoms with E-state index in [0.29, 0.717) is 11.1 Å². The Kier molecular flexibility index (Phi) is 3.23. The number of nitrogens with one attached hydrogen (secondary N) is 1. The molecular formula is C12H16N2O4. The van der Waals surface area contributed by atoms with E-state index in [4.69, 9.17) is 0 Å². The van der Waals surface area contributed by atoms with Gasteiger partial charge >= 0.3 is 5.69 Å². The van der Waals surface area contributed by atoms with E-state index in [2.05, 4.69) is 11.6 Å². The van der Waals surface area contributed by atoms with E-state index in [9.17, 15) is 19.8 Å². The third-order valence-corrected chi connectivity index (χ3v) is 3.63. The van der Waals surface area contributed by atoms with Gasteiger partial charge in [0, 0.05) is 30.2 Å². The number of aromatic amines is 1. The van der Waals surface area contributed by atoms with Crippen molar-refractivity contribution in [3.63, 3.8) is 0 Å². The molecule has 1 fully saturated rings. The molecule has 18 heavy (non-hydrogen) atoms. The molecule has 1 heterocycles. The van der Waals surface area contributed by atoms with Crippen LogP contribution in [0.3, 0.4) is 0 Å². The summed E-state index contributed by atoms with van der Waals surface area (Å²) in [6.07, 6.45) is 1.47. The highest BCUT2D eigenvalue weighted by atomic mass is 16.3. The number of hydrogen-bond acceptors (Lipinski definition) is 4. The maximum atomic E-state index is 11.8. The number of nitrogens with zero attached hydrogens (tertiary/aromatic N) is 1. The Balaban J connectivity index is 2.44. The second-order valence-electron chi connectivity index (χ2n) is 4.63. The first-order valence-electron chi connectivity index (χ1n) is 5.73. The van der Waals surface area contributed by atoms with Gasteiger partial charge in [-0.05, 0) is 12.5 Å².